The van der Waals surface area contributed by atoms with Crippen LogP contribution in [0, 0.1) is 0 Å². The first kappa shape index (κ1) is 13.9. The van der Waals surface area contributed by atoms with Crippen molar-refractivity contribution in [2.24, 2.45) is 5.73 Å². The molecule has 1 aromatic carbocycles. The van der Waals surface area contributed by atoms with Gasteiger partial charge in [-0.1, -0.05) is 12.1 Å². The minimum absolute atomic E-state index is 0.205. The number of benzene rings is 1. The summed E-state index contributed by atoms with van der Waals surface area (Å²) in [5.41, 5.74) is 6.47. The van der Waals surface area contributed by atoms with Crippen molar-refractivity contribution in [3.63, 3.8) is 0 Å². The molecule has 17 heavy (non-hydrogen) atoms. The maximum absolute atomic E-state index is 11.4. The van der Waals surface area contributed by atoms with Crippen molar-refractivity contribution in [1.29, 1.82) is 0 Å². The van der Waals surface area contributed by atoms with Crippen molar-refractivity contribution >= 4 is 18.6 Å². The average Bonchev–Trinajstić information content (AvgIpc) is 2.36. The fourth-order valence-corrected chi connectivity index (χ4v) is 1.56. The average molecular weight is 255 g/mol. The summed E-state index contributed by atoms with van der Waals surface area (Å²) in [7, 11) is 1.59. The van der Waals surface area contributed by atoms with Gasteiger partial charge in [0.2, 0.25) is 0 Å². The van der Waals surface area contributed by atoms with E-state index in [1.54, 1.807) is 7.11 Å². The second kappa shape index (κ2) is 7.19. The van der Waals surface area contributed by atoms with E-state index < -0.39 is 12.0 Å². The lowest BCUT2D eigenvalue weighted by Crippen LogP contribution is -2.32. The van der Waals surface area contributed by atoms with Crippen molar-refractivity contribution in [3.8, 4) is 5.75 Å². The predicted octanol–water partition coefficient (Wildman–Crippen LogP) is 1.39. The summed E-state index contributed by atoms with van der Waals surface area (Å²) in [4.78, 5) is 11.4. The Kier molecular flexibility index (Phi) is 5.86. The molecule has 1 unspecified atom stereocenters. The summed E-state index contributed by atoms with van der Waals surface area (Å²) in [6.07, 6.45) is 0.514. The number of nitrogens with two attached hydrogens (primary N) is 1. The van der Waals surface area contributed by atoms with Gasteiger partial charge in [0.05, 0.1) is 7.11 Å². The lowest BCUT2D eigenvalue weighted by Gasteiger charge is -2.10. The molecule has 0 aromatic heterocycles. The van der Waals surface area contributed by atoms with Crippen LogP contribution in [0.3, 0.4) is 0 Å². The molecule has 0 aliphatic carbocycles. The van der Waals surface area contributed by atoms with Gasteiger partial charge in [-0.05, 0) is 29.9 Å². The highest BCUT2D eigenvalue weighted by molar-refractivity contribution is 7.80. The van der Waals surface area contributed by atoms with E-state index in [2.05, 4.69) is 12.6 Å². The molecule has 0 bridgehead atoms. The maximum Gasteiger partial charge on any atom is 0.323 e. The number of carbonyl (C=O) groups excluding carboxylic acids is 1. The molecule has 4 nitrogen and oxygen atoms in total. The fourth-order valence-electron chi connectivity index (χ4n) is 1.28. The summed E-state index contributed by atoms with van der Waals surface area (Å²) in [5.74, 6) is 0.898. The molecule has 0 aliphatic heterocycles. The number of methoxy groups -OCH3 is 1. The van der Waals surface area contributed by atoms with Crippen molar-refractivity contribution in [1.82, 2.24) is 0 Å². The molecule has 0 heterocycles. The van der Waals surface area contributed by atoms with Crippen molar-refractivity contribution in [2.75, 3.05) is 12.9 Å². The van der Waals surface area contributed by atoms with Crippen LogP contribution in [0.1, 0.15) is 12.0 Å². The van der Waals surface area contributed by atoms with E-state index in [4.69, 9.17) is 15.2 Å². The second-order valence-electron chi connectivity index (χ2n) is 3.58. The third-order valence-corrected chi connectivity index (χ3v) is 2.52. The van der Waals surface area contributed by atoms with Crippen LogP contribution in [-0.4, -0.2) is 24.9 Å². The predicted molar refractivity (Wildman–Crippen MR) is 69.2 cm³/mol. The number of ether oxygens (including phenoxy) is 2. The molecule has 5 heteroatoms. The van der Waals surface area contributed by atoms with Crippen LogP contribution in [-0.2, 0) is 16.1 Å². The summed E-state index contributed by atoms with van der Waals surface area (Å²) < 4.78 is 10.2. The molecule has 1 rings (SSSR count). The van der Waals surface area contributed by atoms with Crippen LogP contribution in [0.5, 0.6) is 5.75 Å². The molecular formula is C12H17NO3S. The zero-order chi connectivity index (χ0) is 12.7. The minimum Gasteiger partial charge on any atom is -0.497 e. The van der Waals surface area contributed by atoms with E-state index in [1.807, 2.05) is 24.3 Å². The topological polar surface area (TPSA) is 61.5 Å². The first-order chi connectivity index (χ1) is 8.17. The number of thiol groups is 1. The van der Waals surface area contributed by atoms with Gasteiger partial charge in [-0.25, -0.2) is 0 Å². The number of rotatable bonds is 6. The summed E-state index contributed by atoms with van der Waals surface area (Å²) in [5, 5.41) is 0. The number of esters is 1. The van der Waals surface area contributed by atoms with Crippen molar-refractivity contribution < 1.29 is 14.3 Å². The van der Waals surface area contributed by atoms with Gasteiger partial charge in [-0.3, -0.25) is 4.79 Å². The Morgan fingerprint density at radius 2 is 2.29 bits per heavy atom. The van der Waals surface area contributed by atoms with Gasteiger partial charge in [-0.15, -0.1) is 0 Å². The zero-order valence-electron chi connectivity index (χ0n) is 9.76. The summed E-state index contributed by atoms with van der Waals surface area (Å²) >= 11 is 4.01. The van der Waals surface area contributed by atoms with E-state index in [9.17, 15) is 4.79 Å². The molecule has 2 N–H and O–H groups in total. The van der Waals surface area contributed by atoms with Crippen LogP contribution in [0.2, 0.25) is 0 Å². The second-order valence-corrected chi connectivity index (χ2v) is 4.03. The van der Waals surface area contributed by atoms with Gasteiger partial charge in [-0.2, -0.15) is 12.6 Å². The Morgan fingerprint density at radius 1 is 1.53 bits per heavy atom. The number of hydrogen-bond acceptors (Lipinski definition) is 5. The molecule has 94 valence electrons. The third-order valence-electron chi connectivity index (χ3n) is 2.26. The third kappa shape index (κ3) is 4.66. The molecular weight excluding hydrogens is 238 g/mol. The van der Waals surface area contributed by atoms with E-state index in [1.165, 1.54) is 0 Å². The first-order valence-electron chi connectivity index (χ1n) is 5.33. The Balaban J connectivity index is 2.46. The van der Waals surface area contributed by atoms with Crippen molar-refractivity contribution in [3.05, 3.63) is 29.8 Å². The van der Waals surface area contributed by atoms with E-state index >= 15 is 0 Å². The van der Waals surface area contributed by atoms with E-state index in [-0.39, 0.29) is 6.61 Å². The smallest absolute Gasteiger partial charge is 0.323 e. The van der Waals surface area contributed by atoms with Crippen LogP contribution in [0.15, 0.2) is 24.3 Å². The zero-order valence-corrected chi connectivity index (χ0v) is 10.7. The standard InChI is InChI=1S/C12H17NO3S/c1-15-10-4-2-3-9(7-10)8-16-12(14)11(13)5-6-17/h2-4,7,11,17H,5-6,8,13H2,1H3. The molecule has 0 spiro atoms. The van der Waals surface area contributed by atoms with Gasteiger partial charge in [0.1, 0.15) is 18.4 Å². The monoisotopic (exact) mass is 255 g/mol. The van der Waals surface area contributed by atoms with Crippen LogP contribution < -0.4 is 10.5 Å². The van der Waals surface area contributed by atoms with E-state index in [0.29, 0.717) is 12.2 Å². The highest BCUT2D eigenvalue weighted by Crippen LogP contribution is 2.13. The Bertz CT molecular complexity index is 371. The van der Waals surface area contributed by atoms with E-state index in [0.717, 1.165) is 11.3 Å². The fraction of sp³-hybridized carbons (Fsp3) is 0.417. The molecule has 0 saturated carbocycles. The van der Waals surface area contributed by atoms with Crippen molar-refractivity contribution in [2.45, 2.75) is 19.1 Å². The molecule has 1 aromatic rings. The number of carbonyl (C=O) groups is 1. The Labute approximate surface area is 107 Å². The lowest BCUT2D eigenvalue weighted by atomic mass is 10.2. The molecule has 0 fully saturated rings. The van der Waals surface area contributed by atoms with Gasteiger partial charge in [0.25, 0.3) is 0 Å². The Morgan fingerprint density at radius 3 is 2.94 bits per heavy atom. The summed E-state index contributed by atoms with van der Waals surface area (Å²) in [6.45, 7) is 0.205. The summed E-state index contributed by atoms with van der Waals surface area (Å²) in [6, 6.07) is 6.75. The maximum atomic E-state index is 11.4. The molecule has 0 aliphatic rings. The molecule has 1 atom stereocenters. The molecule has 0 saturated heterocycles. The van der Waals surface area contributed by atoms with Crippen LogP contribution in [0.4, 0.5) is 0 Å². The highest BCUT2D eigenvalue weighted by atomic mass is 32.1. The molecule has 0 amide bonds. The van der Waals surface area contributed by atoms with Gasteiger partial charge >= 0.3 is 5.97 Å². The lowest BCUT2D eigenvalue weighted by molar-refractivity contribution is -0.146. The van der Waals surface area contributed by atoms with Gasteiger partial charge < -0.3 is 15.2 Å². The van der Waals surface area contributed by atoms with Crippen LogP contribution >= 0.6 is 12.6 Å². The van der Waals surface area contributed by atoms with Gasteiger partial charge in [0, 0.05) is 0 Å². The Hall–Kier alpha value is -1.20. The van der Waals surface area contributed by atoms with Gasteiger partial charge in [0.15, 0.2) is 0 Å². The quantitative estimate of drug-likeness (QED) is 0.595. The SMILES string of the molecule is COc1cccc(COC(=O)C(N)CCS)c1. The molecule has 0 radical (unpaired) electrons. The normalized spacial score (nSPS) is 11.9. The minimum atomic E-state index is -0.599. The highest BCUT2D eigenvalue weighted by Gasteiger charge is 2.13. The largest absolute Gasteiger partial charge is 0.497 e. The number of hydrogen-bond donors (Lipinski definition) is 2. The van der Waals surface area contributed by atoms with Crippen LogP contribution in [0.25, 0.3) is 0 Å². The first-order valence-corrected chi connectivity index (χ1v) is 5.96.